The van der Waals surface area contributed by atoms with Gasteiger partial charge in [-0.3, -0.25) is 9.88 Å². The molecule has 3 aromatic rings. The molecule has 1 unspecified atom stereocenters. The maximum atomic E-state index is 12.0. The average molecular weight is 462 g/mol. The summed E-state index contributed by atoms with van der Waals surface area (Å²) in [5.41, 5.74) is 0.650. The lowest BCUT2D eigenvalue weighted by Crippen LogP contribution is -2.38. The Morgan fingerprint density at radius 1 is 1.28 bits per heavy atom. The summed E-state index contributed by atoms with van der Waals surface area (Å²) in [4.78, 5) is 37.2. The molecule has 0 aliphatic rings. The van der Waals surface area contributed by atoms with Crippen molar-refractivity contribution in [2.45, 2.75) is 52.3 Å². The summed E-state index contributed by atoms with van der Waals surface area (Å²) >= 11 is 6.05. The van der Waals surface area contributed by atoms with E-state index < -0.39 is 17.8 Å². The molecule has 3 rings (SSSR count). The summed E-state index contributed by atoms with van der Waals surface area (Å²) in [5, 5.41) is 12.4. The Morgan fingerprint density at radius 3 is 2.59 bits per heavy atom. The minimum absolute atomic E-state index is 0.0208. The number of fused-ring (bicyclic) bond motifs is 1. The Morgan fingerprint density at radius 2 is 1.97 bits per heavy atom. The Bertz CT molecular complexity index is 1110. The first kappa shape index (κ1) is 23.3. The first-order valence-corrected chi connectivity index (χ1v) is 10.2. The van der Waals surface area contributed by atoms with E-state index in [9.17, 15) is 14.7 Å². The number of amides is 2. The SMILES string of the molecule is CC(Cc1cc2nc(Cl)nc(N(Cc3ccncc3)C(=O)O)c2o1)NC(=O)OC(C)(C)C. The summed E-state index contributed by atoms with van der Waals surface area (Å²) in [6.07, 6.45) is 1.70. The molecular weight excluding hydrogens is 438 g/mol. The molecule has 2 N–H and O–H groups in total. The van der Waals surface area contributed by atoms with Crippen molar-refractivity contribution in [1.29, 1.82) is 0 Å². The molecule has 0 radical (unpaired) electrons. The third-order valence-corrected chi connectivity index (χ3v) is 4.39. The number of hydrogen-bond donors (Lipinski definition) is 2. The minimum atomic E-state index is -1.23. The number of ether oxygens (including phenoxy) is 1. The van der Waals surface area contributed by atoms with Crippen LogP contribution in [0.15, 0.2) is 35.0 Å². The second-order valence-electron chi connectivity index (χ2n) is 8.22. The van der Waals surface area contributed by atoms with E-state index >= 15 is 0 Å². The highest BCUT2D eigenvalue weighted by molar-refractivity contribution is 6.28. The maximum absolute atomic E-state index is 12.0. The first-order valence-electron chi connectivity index (χ1n) is 9.86. The van der Waals surface area contributed by atoms with E-state index in [1.807, 2.05) is 0 Å². The predicted octanol–water partition coefficient (Wildman–Crippen LogP) is 4.41. The Hall–Kier alpha value is -3.40. The molecule has 11 heteroatoms. The summed E-state index contributed by atoms with van der Waals surface area (Å²) < 4.78 is 11.1. The number of carbonyl (C=O) groups excluding carboxylic acids is 1. The zero-order valence-corrected chi connectivity index (χ0v) is 18.9. The monoisotopic (exact) mass is 461 g/mol. The summed E-state index contributed by atoms with van der Waals surface area (Å²) in [6.45, 7) is 7.15. The van der Waals surface area contributed by atoms with Crippen molar-refractivity contribution in [3.8, 4) is 0 Å². The van der Waals surface area contributed by atoms with Crippen molar-refractivity contribution < 1.29 is 23.8 Å². The van der Waals surface area contributed by atoms with E-state index in [1.54, 1.807) is 58.3 Å². The molecule has 1 atom stereocenters. The molecule has 32 heavy (non-hydrogen) atoms. The summed E-state index contributed by atoms with van der Waals surface area (Å²) in [6, 6.07) is 4.73. The number of carbonyl (C=O) groups is 2. The van der Waals surface area contributed by atoms with Crippen molar-refractivity contribution in [2.75, 3.05) is 4.90 Å². The fraction of sp³-hybridized carbons (Fsp3) is 0.381. The van der Waals surface area contributed by atoms with Gasteiger partial charge in [-0.05, 0) is 57.0 Å². The molecule has 0 fully saturated rings. The van der Waals surface area contributed by atoms with E-state index in [2.05, 4.69) is 20.3 Å². The highest BCUT2D eigenvalue weighted by Gasteiger charge is 2.24. The van der Waals surface area contributed by atoms with Gasteiger partial charge in [0.05, 0.1) is 6.54 Å². The van der Waals surface area contributed by atoms with Crippen LogP contribution in [-0.4, -0.2) is 43.9 Å². The topological polar surface area (TPSA) is 131 Å². The molecule has 0 spiro atoms. The number of carboxylic acid groups (broad SMARTS) is 1. The van der Waals surface area contributed by atoms with Crippen molar-refractivity contribution >= 4 is 40.7 Å². The van der Waals surface area contributed by atoms with Crippen LogP contribution in [0.1, 0.15) is 39.0 Å². The normalized spacial score (nSPS) is 12.4. The van der Waals surface area contributed by atoms with E-state index in [4.69, 9.17) is 20.8 Å². The van der Waals surface area contributed by atoms with Crippen molar-refractivity contribution in [3.05, 3.63) is 47.2 Å². The number of halogens is 1. The van der Waals surface area contributed by atoms with Gasteiger partial charge in [-0.1, -0.05) is 0 Å². The molecule has 3 aromatic heterocycles. The van der Waals surface area contributed by atoms with E-state index in [0.29, 0.717) is 23.3 Å². The minimum Gasteiger partial charge on any atom is -0.465 e. The van der Waals surface area contributed by atoms with Gasteiger partial charge >= 0.3 is 12.2 Å². The van der Waals surface area contributed by atoms with Crippen LogP contribution < -0.4 is 10.2 Å². The van der Waals surface area contributed by atoms with Crippen LogP contribution in [0.2, 0.25) is 5.28 Å². The number of aromatic nitrogens is 3. The molecular formula is C21H24ClN5O5. The first-order chi connectivity index (χ1) is 15.0. The fourth-order valence-corrected chi connectivity index (χ4v) is 3.16. The third kappa shape index (κ3) is 6.07. The van der Waals surface area contributed by atoms with Gasteiger partial charge < -0.3 is 19.6 Å². The van der Waals surface area contributed by atoms with Crippen LogP contribution in [0.25, 0.3) is 11.1 Å². The van der Waals surface area contributed by atoms with Crippen LogP contribution >= 0.6 is 11.6 Å². The molecule has 170 valence electrons. The molecule has 0 aliphatic carbocycles. The number of rotatable bonds is 6. The average Bonchev–Trinajstić information content (AvgIpc) is 3.06. The van der Waals surface area contributed by atoms with Crippen LogP contribution in [-0.2, 0) is 17.7 Å². The predicted molar refractivity (Wildman–Crippen MR) is 118 cm³/mol. The highest BCUT2D eigenvalue weighted by atomic mass is 35.5. The smallest absolute Gasteiger partial charge is 0.413 e. The summed E-state index contributed by atoms with van der Waals surface area (Å²) in [5.74, 6) is 0.513. The van der Waals surface area contributed by atoms with Gasteiger partial charge in [0.2, 0.25) is 5.28 Å². The molecule has 2 amide bonds. The standard InChI is InChI=1S/C21H24ClN5O5/c1-12(24-19(28)32-21(2,3)4)9-14-10-15-16(31-14)17(26-18(22)25-15)27(20(29)30)11-13-5-7-23-8-6-13/h5-8,10,12H,9,11H2,1-4H3,(H,24,28)(H,29,30). The van der Waals surface area contributed by atoms with Gasteiger partial charge in [0.1, 0.15) is 16.9 Å². The molecule has 0 aliphatic heterocycles. The van der Waals surface area contributed by atoms with E-state index in [1.165, 1.54) is 0 Å². The number of nitrogens with one attached hydrogen (secondary N) is 1. The van der Waals surface area contributed by atoms with Crippen LogP contribution in [0.3, 0.4) is 0 Å². The Labute approximate surface area is 189 Å². The van der Waals surface area contributed by atoms with E-state index in [-0.39, 0.29) is 29.3 Å². The van der Waals surface area contributed by atoms with Gasteiger partial charge in [0.15, 0.2) is 11.4 Å². The Balaban J connectivity index is 1.86. The second kappa shape index (κ2) is 9.39. The van der Waals surface area contributed by atoms with Crippen molar-refractivity contribution in [2.24, 2.45) is 0 Å². The van der Waals surface area contributed by atoms with Crippen LogP contribution in [0.4, 0.5) is 15.4 Å². The molecule has 0 saturated carbocycles. The molecule has 0 saturated heterocycles. The summed E-state index contributed by atoms with van der Waals surface area (Å²) in [7, 11) is 0. The lowest BCUT2D eigenvalue weighted by atomic mass is 10.2. The van der Waals surface area contributed by atoms with Gasteiger partial charge in [0, 0.05) is 30.9 Å². The van der Waals surface area contributed by atoms with Crippen LogP contribution in [0, 0.1) is 0 Å². The van der Waals surface area contributed by atoms with Crippen molar-refractivity contribution in [1.82, 2.24) is 20.3 Å². The molecule has 0 bridgehead atoms. The highest BCUT2D eigenvalue weighted by Crippen LogP contribution is 2.30. The lowest BCUT2D eigenvalue weighted by Gasteiger charge is -2.21. The maximum Gasteiger partial charge on any atom is 0.413 e. The molecule has 3 heterocycles. The zero-order chi connectivity index (χ0) is 23.5. The number of anilines is 1. The fourth-order valence-electron chi connectivity index (χ4n) is 2.99. The zero-order valence-electron chi connectivity index (χ0n) is 18.1. The van der Waals surface area contributed by atoms with Gasteiger partial charge in [-0.15, -0.1) is 0 Å². The number of furan rings is 1. The van der Waals surface area contributed by atoms with Gasteiger partial charge in [-0.25, -0.2) is 14.6 Å². The van der Waals surface area contributed by atoms with E-state index in [0.717, 1.165) is 4.90 Å². The number of pyridine rings is 1. The van der Waals surface area contributed by atoms with Crippen molar-refractivity contribution in [3.63, 3.8) is 0 Å². The quantitative estimate of drug-likeness (QED) is 0.516. The molecule has 10 nitrogen and oxygen atoms in total. The number of nitrogens with zero attached hydrogens (tertiary/aromatic N) is 4. The van der Waals surface area contributed by atoms with Gasteiger partial charge in [0.25, 0.3) is 0 Å². The largest absolute Gasteiger partial charge is 0.465 e. The number of hydrogen-bond acceptors (Lipinski definition) is 7. The second-order valence-corrected chi connectivity index (χ2v) is 8.56. The lowest BCUT2D eigenvalue weighted by molar-refractivity contribution is 0.0507. The van der Waals surface area contributed by atoms with Gasteiger partial charge in [-0.2, -0.15) is 4.98 Å². The Kier molecular flexibility index (Phi) is 6.83. The van der Waals surface area contributed by atoms with Crippen LogP contribution in [0.5, 0.6) is 0 Å². The molecule has 0 aromatic carbocycles. The third-order valence-electron chi connectivity index (χ3n) is 4.22. The number of alkyl carbamates (subject to hydrolysis) is 1.